The number of guanidine groups is 1. The Labute approximate surface area is 173 Å². The number of aromatic nitrogens is 1. The Morgan fingerprint density at radius 1 is 1.19 bits per heavy atom. The highest BCUT2D eigenvalue weighted by Crippen LogP contribution is 2.29. The van der Waals surface area contributed by atoms with E-state index in [0.717, 1.165) is 42.9 Å². The molecule has 2 N–H and O–H groups in total. The van der Waals surface area contributed by atoms with E-state index >= 15 is 0 Å². The number of likely N-dealkylation sites (tertiary alicyclic amines) is 1. The van der Waals surface area contributed by atoms with E-state index < -0.39 is 11.9 Å². The fourth-order valence-electron chi connectivity index (χ4n) is 2.76. The van der Waals surface area contributed by atoms with E-state index in [0.29, 0.717) is 23.9 Å². The van der Waals surface area contributed by atoms with Crippen molar-refractivity contribution in [1.82, 2.24) is 20.5 Å². The van der Waals surface area contributed by atoms with Gasteiger partial charge in [-0.25, -0.2) is 4.98 Å². The minimum Gasteiger partial charge on any atom is -0.356 e. The summed E-state index contributed by atoms with van der Waals surface area (Å²) in [6, 6.07) is 0. The Hall–Kier alpha value is -0.620. The Bertz CT molecular complexity index is 542. The topological polar surface area (TPSA) is 52.6 Å². The summed E-state index contributed by atoms with van der Waals surface area (Å²) in [5.74, 6) is 0.669. The maximum atomic E-state index is 12.5. The number of halogens is 4. The number of alkyl halides is 3. The molecule has 0 bridgehead atoms. The van der Waals surface area contributed by atoms with E-state index in [4.69, 9.17) is 0 Å². The normalized spacial score (nSPS) is 16.7. The van der Waals surface area contributed by atoms with Crippen LogP contribution in [0.15, 0.2) is 10.4 Å². The molecule has 0 radical (unpaired) electrons. The minimum absolute atomic E-state index is 0. The highest BCUT2D eigenvalue weighted by atomic mass is 127. The van der Waals surface area contributed by atoms with Crippen molar-refractivity contribution < 1.29 is 13.2 Å². The van der Waals surface area contributed by atoms with Crippen LogP contribution >= 0.6 is 35.3 Å². The lowest BCUT2D eigenvalue weighted by Crippen LogP contribution is -2.42. The fraction of sp³-hybridized carbons (Fsp3) is 0.750. The van der Waals surface area contributed by atoms with E-state index in [9.17, 15) is 13.2 Å². The van der Waals surface area contributed by atoms with Crippen molar-refractivity contribution in [3.63, 3.8) is 0 Å². The summed E-state index contributed by atoms with van der Waals surface area (Å²) >= 11 is 1.04. The molecule has 0 unspecified atom stereocenters. The summed E-state index contributed by atoms with van der Waals surface area (Å²) in [4.78, 5) is 10.2. The maximum absolute atomic E-state index is 12.5. The first kappa shape index (κ1) is 23.4. The monoisotopic (exact) mass is 505 g/mol. The van der Waals surface area contributed by atoms with Crippen LogP contribution in [0.1, 0.15) is 36.4 Å². The van der Waals surface area contributed by atoms with Gasteiger partial charge in [0.1, 0.15) is 0 Å². The first-order valence-corrected chi connectivity index (χ1v) is 9.55. The van der Waals surface area contributed by atoms with Gasteiger partial charge in [0.05, 0.1) is 5.01 Å². The van der Waals surface area contributed by atoms with Crippen LogP contribution < -0.4 is 10.6 Å². The van der Waals surface area contributed by atoms with E-state index in [2.05, 4.69) is 25.5 Å². The molecular formula is C16H27F3IN5S. The van der Waals surface area contributed by atoms with Gasteiger partial charge >= 0.3 is 6.18 Å². The second-order valence-corrected chi connectivity index (χ2v) is 7.00. The molecule has 0 saturated carbocycles. The van der Waals surface area contributed by atoms with E-state index in [1.165, 1.54) is 25.7 Å². The van der Waals surface area contributed by atoms with Crippen LogP contribution in [-0.4, -0.2) is 55.6 Å². The van der Waals surface area contributed by atoms with Gasteiger partial charge in [-0.05, 0) is 25.9 Å². The molecule has 1 aromatic heterocycles. The number of thiazole rings is 1. The Balaban J connectivity index is 0.00000338. The third-order valence-corrected chi connectivity index (χ3v) is 5.02. The van der Waals surface area contributed by atoms with Crippen LogP contribution in [0.3, 0.4) is 0 Å². The molecule has 10 heteroatoms. The molecule has 1 aliphatic heterocycles. The van der Waals surface area contributed by atoms with Crippen molar-refractivity contribution in [2.45, 2.75) is 38.3 Å². The van der Waals surface area contributed by atoms with Gasteiger partial charge in [0.2, 0.25) is 0 Å². The van der Waals surface area contributed by atoms with Crippen molar-refractivity contribution in [3.05, 3.63) is 16.1 Å². The average molecular weight is 505 g/mol. The molecule has 1 aromatic rings. The van der Waals surface area contributed by atoms with Crippen molar-refractivity contribution >= 4 is 41.3 Å². The van der Waals surface area contributed by atoms with Crippen molar-refractivity contribution in [2.24, 2.45) is 4.99 Å². The lowest BCUT2D eigenvalue weighted by Gasteiger charge is -2.20. The SMILES string of the molecule is CN=C(NCCc1nc(C(F)(F)F)cs1)NCCN1CCCCCC1.I. The lowest BCUT2D eigenvalue weighted by atomic mass is 10.2. The van der Waals surface area contributed by atoms with E-state index in [1.54, 1.807) is 7.05 Å². The van der Waals surface area contributed by atoms with Crippen molar-refractivity contribution in [2.75, 3.05) is 39.8 Å². The molecule has 0 atom stereocenters. The summed E-state index contributed by atoms with van der Waals surface area (Å²) in [7, 11) is 1.69. The van der Waals surface area contributed by atoms with Crippen LogP contribution in [0.5, 0.6) is 0 Å². The molecule has 5 nitrogen and oxygen atoms in total. The van der Waals surface area contributed by atoms with Gasteiger partial charge in [-0.2, -0.15) is 13.2 Å². The first-order chi connectivity index (χ1) is 12.0. The molecule has 0 amide bonds. The molecule has 0 aromatic carbocycles. The van der Waals surface area contributed by atoms with Gasteiger partial charge in [0.15, 0.2) is 11.7 Å². The van der Waals surface area contributed by atoms with Gasteiger partial charge in [-0.15, -0.1) is 35.3 Å². The second kappa shape index (κ2) is 12.0. The third-order valence-electron chi connectivity index (χ3n) is 4.12. The summed E-state index contributed by atoms with van der Waals surface area (Å²) in [6.45, 7) is 4.57. The zero-order valence-electron chi connectivity index (χ0n) is 14.9. The van der Waals surface area contributed by atoms with Crippen molar-refractivity contribution in [3.8, 4) is 0 Å². The molecule has 150 valence electrons. The van der Waals surface area contributed by atoms with Crippen LogP contribution in [-0.2, 0) is 12.6 Å². The zero-order valence-corrected chi connectivity index (χ0v) is 18.1. The van der Waals surface area contributed by atoms with Gasteiger partial charge in [-0.3, -0.25) is 4.99 Å². The number of nitrogens with zero attached hydrogens (tertiary/aromatic N) is 3. The van der Waals surface area contributed by atoms with Gasteiger partial charge in [-0.1, -0.05) is 12.8 Å². The van der Waals surface area contributed by atoms with E-state index in [1.807, 2.05) is 0 Å². The maximum Gasteiger partial charge on any atom is 0.434 e. The van der Waals surface area contributed by atoms with Gasteiger partial charge in [0.25, 0.3) is 0 Å². The summed E-state index contributed by atoms with van der Waals surface area (Å²) < 4.78 is 37.6. The van der Waals surface area contributed by atoms with Gasteiger partial charge < -0.3 is 15.5 Å². The molecule has 26 heavy (non-hydrogen) atoms. The zero-order chi connectivity index (χ0) is 18.1. The lowest BCUT2D eigenvalue weighted by molar-refractivity contribution is -0.140. The standard InChI is InChI=1S/C16H26F3N5S.HI/c1-20-15(22-8-11-24-9-4-2-3-5-10-24)21-7-6-14-23-13(12-25-14)16(17,18)19;/h12H,2-11H2,1H3,(H2,20,21,22);1H. The first-order valence-electron chi connectivity index (χ1n) is 8.67. The summed E-state index contributed by atoms with van der Waals surface area (Å²) in [5.41, 5.74) is -0.813. The minimum atomic E-state index is -4.37. The average Bonchev–Trinajstić information content (AvgIpc) is 2.90. The molecule has 0 spiro atoms. The van der Waals surface area contributed by atoms with Crippen molar-refractivity contribution in [1.29, 1.82) is 0 Å². The van der Waals surface area contributed by atoms with Gasteiger partial charge in [0, 0.05) is 38.5 Å². The quantitative estimate of drug-likeness (QED) is 0.354. The van der Waals surface area contributed by atoms with E-state index in [-0.39, 0.29) is 24.0 Å². The molecule has 1 aliphatic rings. The molecule has 1 fully saturated rings. The molecule has 2 heterocycles. The Kier molecular flexibility index (Phi) is 10.8. The Morgan fingerprint density at radius 2 is 1.85 bits per heavy atom. The number of rotatable bonds is 6. The molecular weight excluding hydrogens is 478 g/mol. The summed E-state index contributed by atoms with van der Waals surface area (Å²) in [6.07, 6.45) is 1.24. The van der Waals surface area contributed by atoms with Crippen LogP contribution in [0.2, 0.25) is 0 Å². The molecule has 0 aliphatic carbocycles. The van der Waals surface area contributed by atoms with Crippen LogP contribution in [0.4, 0.5) is 13.2 Å². The number of hydrogen-bond donors (Lipinski definition) is 2. The number of aliphatic imine (C=N–C) groups is 1. The second-order valence-electron chi connectivity index (χ2n) is 6.06. The third kappa shape index (κ3) is 8.38. The predicted octanol–water partition coefficient (Wildman–Crippen LogP) is 3.36. The fourth-order valence-corrected chi connectivity index (χ4v) is 3.56. The number of hydrogen-bond acceptors (Lipinski definition) is 4. The number of nitrogens with one attached hydrogen (secondary N) is 2. The smallest absolute Gasteiger partial charge is 0.356 e. The molecule has 2 rings (SSSR count). The van der Waals surface area contributed by atoms with Crippen LogP contribution in [0, 0.1) is 0 Å². The predicted molar refractivity (Wildman–Crippen MR) is 111 cm³/mol. The highest BCUT2D eigenvalue weighted by Gasteiger charge is 2.33. The van der Waals surface area contributed by atoms with Crippen LogP contribution in [0.25, 0.3) is 0 Å². The molecule has 1 saturated heterocycles. The summed E-state index contributed by atoms with van der Waals surface area (Å²) in [5, 5.41) is 7.91. The largest absolute Gasteiger partial charge is 0.434 e. The highest BCUT2D eigenvalue weighted by molar-refractivity contribution is 14.0. The Morgan fingerprint density at radius 3 is 2.42 bits per heavy atom.